The number of aryl methyl sites for hydroxylation is 1. The summed E-state index contributed by atoms with van der Waals surface area (Å²) in [6.45, 7) is 4.93. The molecule has 1 atom stereocenters. The minimum Gasteiger partial charge on any atom is -0.383 e. The molecule has 1 aromatic heterocycles. The molecule has 1 aromatic carbocycles. The molecule has 9 nitrogen and oxygen atoms in total. The van der Waals surface area contributed by atoms with E-state index < -0.39 is 0 Å². The number of benzene rings is 1. The van der Waals surface area contributed by atoms with E-state index in [2.05, 4.69) is 46.8 Å². The van der Waals surface area contributed by atoms with Crippen LogP contribution in [0.5, 0.6) is 0 Å². The van der Waals surface area contributed by atoms with Gasteiger partial charge in [-0.1, -0.05) is 35.0 Å². The van der Waals surface area contributed by atoms with Crippen LogP contribution in [0.4, 0.5) is 0 Å². The molecule has 2 aliphatic heterocycles. The molecule has 0 aliphatic carbocycles. The molecule has 2 aliphatic rings. The van der Waals surface area contributed by atoms with Crippen LogP contribution in [0.25, 0.3) is 0 Å². The first kappa shape index (κ1) is 21.5. The fourth-order valence-electron chi connectivity index (χ4n) is 4.08. The normalized spacial score (nSPS) is 19.2. The van der Waals surface area contributed by atoms with Crippen LogP contribution in [-0.2, 0) is 27.4 Å². The van der Waals surface area contributed by atoms with Crippen LogP contribution in [0.3, 0.4) is 0 Å². The number of likely N-dealkylation sites (tertiary alicyclic amines) is 1. The predicted molar refractivity (Wildman–Crippen MR) is 112 cm³/mol. The second kappa shape index (κ2) is 9.57. The van der Waals surface area contributed by atoms with Crippen LogP contribution in [0, 0.1) is 12.8 Å². The average molecular weight is 428 g/mol. The van der Waals surface area contributed by atoms with Gasteiger partial charge in [-0.25, -0.2) is 4.68 Å². The number of aromatic nitrogens is 3. The van der Waals surface area contributed by atoms with Crippen molar-refractivity contribution in [2.45, 2.75) is 39.0 Å². The standard InChI is InChI=1S/C22H29N5O4/c1-15-3-5-16(6-4-15)19-13-27-18(14-31-19)20(24-25-27)22(29)26-10-7-17(8-11-26)21(28)23-9-12-30-2/h3-6,17,19H,7-14H2,1-2H3,(H,23,28). The lowest BCUT2D eigenvalue weighted by Crippen LogP contribution is -2.44. The quantitative estimate of drug-likeness (QED) is 0.701. The molecule has 0 bridgehead atoms. The second-order valence-electron chi connectivity index (χ2n) is 8.13. The molecular weight excluding hydrogens is 398 g/mol. The van der Waals surface area contributed by atoms with Gasteiger partial charge in [0.2, 0.25) is 5.91 Å². The number of rotatable bonds is 6. The lowest BCUT2D eigenvalue weighted by atomic mass is 9.95. The van der Waals surface area contributed by atoms with Gasteiger partial charge in [0.25, 0.3) is 5.91 Å². The Morgan fingerprint density at radius 3 is 2.68 bits per heavy atom. The second-order valence-corrected chi connectivity index (χ2v) is 8.13. The van der Waals surface area contributed by atoms with Gasteiger partial charge in [0, 0.05) is 32.7 Å². The predicted octanol–water partition coefficient (Wildman–Crippen LogP) is 1.47. The number of piperidine rings is 1. The highest BCUT2D eigenvalue weighted by Crippen LogP contribution is 2.28. The molecule has 0 saturated carbocycles. The summed E-state index contributed by atoms with van der Waals surface area (Å²) in [5, 5.41) is 11.3. The van der Waals surface area contributed by atoms with Crippen molar-refractivity contribution in [1.29, 1.82) is 0 Å². The summed E-state index contributed by atoms with van der Waals surface area (Å²) >= 11 is 0. The maximum atomic E-state index is 13.0. The van der Waals surface area contributed by atoms with Gasteiger partial charge < -0.3 is 19.7 Å². The summed E-state index contributed by atoms with van der Waals surface area (Å²) < 4.78 is 12.8. The Labute approximate surface area is 181 Å². The molecule has 3 heterocycles. The van der Waals surface area contributed by atoms with Crippen molar-refractivity contribution in [3.8, 4) is 0 Å². The molecular formula is C22H29N5O4. The van der Waals surface area contributed by atoms with Gasteiger partial charge in [-0.15, -0.1) is 5.10 Å². The molecule has 0 spiro atoms. The molecule has 4 rings (SSSR count). The van der Waals surface area contributed by atoms with Crippen LogP contribution in [-0.4, -0.2) is 65.1 Å². The number of methoxy groups -OCH3 is 1. The van der Waals surface area contributed by atoms with Gasteiger partial charge >= 0.3 is 0 Å². The first-order valence-corrected chi connectivity index (χ1v) is 10.7. The monoisotopic (exact) mass is 427 g/mol. The zero-order chi connectivity index (χ0) is 21.8. The summed E-state index contributed by atoms with van der Waals surface area (Å²) in [4.78, 5) is 27.0. The number of nitrogens with one attached hydrogen (secondary N) is 1. The van der Waals surface area contributed by atoms with Crippen molar-refractivity contribution in [3.63, 3.8) is 0 Å². The fourth-order valence-corrected chi connectivity index (χ4v) is 4.08. The number of hydrogen-bond acceptors (Lipinski definition) is 6. The van der Waals surface area contributed by atoms with Crippen molar-refractivity contribution in [2.24, 2.45) is 5.92 Å². The van der Waals surface area contributed by atoms with Gasteiger partial charge in [-0.3, -0.25) is 9.59 Å². The third kappa shape index (κ3) is 4.77. The van der Waals surface area contributed by atoms with Crippen LogP contribution in [0.2, 0.25) is 0 Å². The van der Waals surface area contributed by atoms with Crippen molar-refractivity contribution in [3.05, 3.63) is 46.8 Å². The maximum absolute atomic E-state index is 13.0. The van der Waals surface area contributed by atoms with E-state index in [0.29, 0.717) is 63.6 Å². The smallest absolute Gasteiger partial charge is 0.276 e. The number of carbonyl (C=O) groups is 2. The number of carbonyl (C=O) groups excluding carboxylic acids is 2. The summed E-state index contributed by atoms with van der Waals surface area (Å²) in [6, 6.07) is 8.24. The Morgan fingerprint density at radius 1 is 1.23 bits per heavy atom. The third-order valence-electron chi connectivity index (χ3n) is 6.01. The zero-order valence-corrected chi connectivity index (χ0v) is 18.0. The Bertz CT molecular complexity index is 918. The number of ether oxygens (including phenoxy) is 2. The third-order valence-corrected chi connectivity index (χ3v) is 6.01. The van der Waals surface area contributed by atoms with E-state index in [1.807, 2.05) is 0 Å². The lowest BCUT2D eigenvalue weighted by molar-refractivity contribution is -0.126. The highest BCUT2D eigenvalue weighted by atomic mass is 16.5. The van der Waals surface area contributed by atoms with Crippen molar-refractivity contribution in [1.82, 2.24) is 25.2 Å². The fraction of sp³-hybridized carbons (Fsp3) is 0.545. The largest absolute Gasteiger partial charge is 0.383 e. The summed E-state index contributed by atoms with van der Waals surface area (Å²) in [5.41, 5.74) is 3.36. The van der Waals surface area contributed by atoms with Crippen LogP contribution >= 0.6 is 0 Å². The summed E-state index contributed by atoms with van der Waals surface area (Å²) in [7, 11) is 1.60. The van der Waals surface area contributed by atoms with Gasteiger partial charge in [-0.2, -0.15) is 0 Å². The van der Waals surface area contributed by atoms with Crippen molar-refractivity contribution in [2.75, 3.05) is 33.4 Å². The highest BCUT2D eigenvalue weighted by molar-refractivity contribution is 5.93. The Hall–Kier alpha value is -2.78. The molecule has 1 saturated heterocycles. The summed E-state index contributed by atoms with van der Waals surface area (Å²) in [5.74, 6) is -0.189. The van der Waals surface area contributed by atoms with E-state index in [0.717, 1.165) is 5.56 Å². The highest BCUT2D eigenvalue weighted by Gasteiger charge is 2.33. The van der Waals surface area contributed by atoms with Crippen LogP contribution in [0.15, 0.2) is 24.3 Å². The SMILES string of the molecule is COCCNC(=O)C1CCN(C(=O)c2nnn3c2COC(c2ccc(C)cc2)C3)CC1. The van der Waals surface area contributed by atoms with E-state index in [1.54, 1.807) is 16.7 Å². The van der Waals surface area contributed by atoms with Gasteiger partial charge in [0.05, 0.1) is 25.5 Å². The van der Waals surface area contributed by atoms with E-state index in [1.165, 1.54) is 5.56 Å². The van der Waals surface area contributed by atoms with E-state index >= 15 is 0 Å². The van der Waals surface area contributed by atoms with E-state index in [4.69, 9.17) is 9.47 Å². The molecule has 2 aromatic rings. The Balaban J connectivity index is 1.35. The number of amides is 2. The minimum absolute atomic E-state index is 0.0285. The molecule has 166 valence electrons. The Kier molecular flexibility index (Phi) is 6.62. The van der Waals surface area contributed by atoms with E-state index in [-0.39, 0.29) is 23.8 Å². The Morgan fingerprint density at radius 2 is 1.97 bits per heavy atom. The van der Waals surface area contributed by atoms with Gasteiger partial charge in [-0.05, 0) is 25.3 Å². The molecule has 1 fully saturated rings. The number of nitrogens with zero attached hydrogens (tertiary/aromatic N) is 4. The maximum Gasteiger partial charge on any atom is 0.276 e. The number of hydrogen-bond donors (Lipinski definition) is 1. The molecule has 0 radical (unpaired) electrons. The first-order chi connectivity index (χ1) is 15.1. The van der Waals surface area contributed by atoms with Crippen molar-refractivity contribution >= 4 is 11.8 Å². The lowest BCUT2D eigenvalue weighted by Gasteiger charge is -2.31. The molecule has 1 unspecified atom stereocenters. The zero-order valence-electron chi connectivity index (χ0n) is 18.0. The van der Waals surface area contributed by atoms with E-state index in [9.17, 15) is 9.59 Å². The van der Waals surface area contributed by atoms with Crippen molar-refractivity contribution < 1.29 is 19.1 Å². The first-order valence-electron chi connectivity index (χ1n) is 10.7. The number of fused-ring (bicyclic) bond motifs is 1. The van der Waals surface area contributed by atoms with Gasteiger partial charge in [0.1, 0.15) is 6.10 Å². The average Bonchev–Trinajstić information content (AvgIpc) is 3.22. The molecule has 1 N–H and O–H groups in total. The van der Waals surface area contributed by atoms with Crippen LogP contribution < -0.4 is 5.32 Å². The summed E-state index contributed by atoms with van der Waals surface area (Å²) in [6.07, 6.45) is 1.17. The molecule has 31 heavy (non-hydrogen) atoms. The molecule has 9 heteroatoms. The topological polar surface area (TPSA) is 98.6 Å². The minimum atomic E-state index is -0.142. The van der Waals surface area contributed by atoms with Gasteiger partial charge in [0.15, 0.2) is 5.69 Å². The molecule has 2 amide bonds. The van der Waals surface area contributed by atoms with Crippen LogP contribution in [0.1, 0.15) is 46.3 Å².